The number of benzene rings is 1. The summed E-state index contributed by atoms with van der Waals surface area (Å²) in [6, 6.07) is 4.26. The quantitative estimate of drug-likeness (QED) is 0.322. The van der Waals surface area contributed by atoms with Crippen LogP contribution in [0.25, 0.3) is 0 Å². The van der Waals surface area contributed by atoms with Gasteiger partial charge < -0.3 is 25.4 Å². The maximum absolute atomic E-state index is 10.6. The summed E-state index contributed by atoms with van der Waals surface area (Å²) in [5.74, 6) is 0.678. The lowest BCUT2D eigenvalue weighted by Gasteiger charge is -2.24. The molecular weight excluding hydrogens is 318 g/mol. The minimum absolute atomic E-state index is 0.0231. The number of aromatic hydroxyl groups is 1. The molecule has 0 spiro atoms. The molecule has 0 saturated heterocycles. The van der Waals surface area contributed by atoms with Gasteiger partial charge in [-0.3, -0.25) is 4.79 Å². The third kappa shape index (κ3) is 5.61. The van der Waals surface area contributed by atoms with Crippen LogP contribution in [0.5, 0.6) is 11.5 Å². The number of hydrogen-bond acceptors (Lipinski definition) is 6. The standard InChI is InChI=1S/C19H31N3O3/c1-20-18-17(24)8-7-15(19(18)25-14-13-23)9-10-21-11-12-22(2)16-5-3-4-6-16/h7-8,13,16,20-21,24H,3-6,9-12,14H2,1-2H3. The second-order valence-electron chi connectivity index (χ2n) is 6.59. The van der Waals surface area contributed by atoms with Crippen molar-refractivity contribution in [2.24, 2.45) is 0 Å². The van der Waals surface area contributed by atoms with Gasteiger partial charge in [-0.15, -0.1) is 0 Å². The van der Waals surface area contributed by atoms with E-state index in [4.69, 9.17) is 4.74 Å². The highest BCUT2D eigenvalue weighted by atomic mass is 16.5. The van der Waals surface area contributed by atoms with Crippen LogP contribution in [0.4, 0.5) is 5.69 Å². The first-order valence-electron chi connectivity index (χ1n) is 9.17. The van der Waals surface area contributed by atoms with Crippen molar-refractivity contribution < 1.29 is 14.6 Å². The van der Waals surface area contributed by atoms with E-state index in [1.807, 2.05) is 6.07 Å². The molecule has 1 aliphatic carbocycles. The van der Waals surface area contributed by atoms with E-state index in [0.29, 0.717) is 17.7 Å². The summed E-state index contributed by atoms with van der Waals surface area (Å²) in [6.07, 6.45) is 6.87. The van der Waals surface area contributed by atoms with Gasteiger partial charge in [0.15, 0.2) is 6.29 Å². The number of anilines is 1. The van der Waals surface area contributed by atoms with Gasteiger partial charge in [0.05, 0.1) is 0 Å². The van der Waals surface area contributed by atoms with Crippen molar-refractivity contribution in [1.82, 2.24) is 10.2 Å². The van der Waals surface area contributed by atoms with Gasteiger partial charge in [-0.05, 0) is 44.5 Å². The van der Waals surface area contributed by atoms with Gasteiger partial charge in [0.2, 0.25) is 0 Å². The molecule has 0 unspecified atom stereocenters. The SMILES string of the molecule is CNc1c(O)ccc(CCNCCN(C)C2CCCC2)c1OCC=O. The molecule has 1 aliphatic rings. The fourth-order valence-corrected chi connectivity index (χ4v) is 3.47. The van der Waals surface area contributed by atoms with Gasteiger partial charge >= 0.3 is 0 Å². The van der Waals surface area contributed by atoms with Crippen molar-refractivity contribution in [3.8, 4) is 11.5 Å². The molecule has 0 heterocycles. The maximum Gasteiger partial charge on any atom is 0.157 e. The molecule has 1 aromatic carbocycles. The first-order valence-corrected chi connectivity index (χ1v) is 9.17. The Balaban J connectivity index is 1.82. The summed E-state index contributed by atoms with van der Waals surface area (Å²) in [5.41, 5.74) is 1.50. The highest BCUT2D eigenvalue weighted by molar-refractivity contribution is 5.69. The molecule has 1 saturated carbocycles. The lowest BCUT2D eigenvalue weighted by molar-refractivity contribution is -0.109. The molecule has 6 nitrogen and oxygen atoms in total. The van der Waals surface area contributed by atoms with E-state index in [1.165, 1.54) is 25.7 Å². The summed E-state index contributed by atoms with van der Waals surface area (Å²) in [5, 5.41) is 16.4. The van der Waals surface area contributed by atoms with Crippen molar-refractivity contribution in [2.45, 2.75) is 38.1 Å². The van der Waals surface area contributed by atoms with Crippen LogP contribution in [0.3, 0.4) is 0 Å². The van der Waals surface area contributed by atoms with Gasteiger partial charge in [0, 0.05) is 26.2 Å². The smallest absolute Gasteiger partial charge is 0.157 e. The fourth-order valence-electron chi connectivity index (χ4n) is 3.47. The molecule has 0 radical (unpaired) electrons. The van der Waals surface area contributed by atoms with Crippen molar-refractivity contribution in [3.05, 3.63) is 17.7 Å². The summed E-state index contributed by atoms with van der Waals surface area (Å²) in [6.45, 7) is 2.81. The zero-order valence-electron chi connectivity index (χ0n) is 15.4. The van der Waals surface area contributed by atoms with E-state index in [0.717, 1.165) is 37.7 Å². The average molecular weight is 349 g/mol. The Morgan fingerprint density at radius 3 is 2.76 bits per heavy atom. The van der Waals surface area contributed by atoms with E-state index >= 15 is 0 Å². The second kappa shape index (κ2) is 10.3. The Kier molecular flexibility index (Phi) is 8.01. The Morgan fingerprint density at radius 2 is 2.08 bits per heavy atom. The molecule has 140 valence electrons. The number of likely N-dealkylation sites (N-methyl/N-ethyl adjacent to an activating group) is 1. The molecule has 0 amide bonds. The van der Waals surface area contributed by atoms with Crippen LogP contribution >= 0.6 is 0 Å². The third-order valence-corrected chi connectivity index (χ3v) is 4.92. The predicted octanol–water partition coefficient (Wildman–Crippen LogP) is 2.02. The van der Waals surface area contributed by atoms with Gasteiger partial charge in [0.25, 0.3) is 0 Å². The molecule has 1 fully saturated rings. The number of carbonyl (C=O) groups is 1. The van der Waals surface area contributed by atoms with E-state index in [2.05, 4.69) is 22.6 Å². The van der Waals surface area contributed by atoms with Crippen LogP contribution < -0.4 is 15.4 Å². The lowest BCUT2D eigenvalue weighted by Crippen LogP contribution is -2.36. The maximum atomic E-state index is 10.6. The highest BCUT2D eigenvalue weighted by Gasteiger charge is 2.18. The van der Waals surface area contributed by atoms with E-state index in [-0.39, 0.29) is 12.4 Å². The summed E-state index contributed by atoms with van der Waals surface area (Å²) in [4.78, 5) is 13.1. The monoisotopic (exact) mass is 349 g/mol. The Labute approximate surface area is 150 Å². The summed E-state index contributed by atoms with van der Waals surface area (Å²) < 4.78 is 5.53. The van der Waals surface area contributed by atoms with Gasteiger partial charge in [-0.2, -0.15) is 0 Å². The zero-order chi connectivity index (χ0) is 18.1. The molecule has 6 heteroatoms. The first kappa shape index (κ1) is 19.5. The van der Waals surface area contributed by atoms with Crippen LogP contribution in [0.1, 0.15) is 31.2 Å². The molecule has 1 aromatic rings. The molecule has 0 aromatic heterocycles. The summed E-state index contributed by atoms with van der Waals surface area (Å²) in [7, 11) is 3.94. The van der Waals surface area contributed by atoms with Gasteiger partial charge in [0.1, 0.15) is 23.8 Å². The third-order valence-electron chi connectivity index (χ3n) is 4.92. The molecule has 0 atom stereocenters. The van der Waals surface area contributed by atoms with Crippen molar-refractivity contribution in [2.75, 3.05) is 45.7 Å². The Hall–Kier alpha value is -1.79. The molecule has 0 aliphatic heterocycles. The minimum Gasteiger partial charge on any atom is -0.506 e. The van der Waals surface area contributed by atoms with E-state index in [9.17, 15) is 9.90 Å². The molecule has 3 N–H and O–H groups in total. The van der Waals surface area contributed by atoms with Gasteiger partial charge in [-0.25, -0.2) is 0 Å². The number of rotatable bonds is 11. The summed E-state index contributed by atoms with van der Waals surface area (Å²) >= 11 is 0. The van der Waals surface area contributed by atoms with E-state index < -0.39 is 0 Å². The van der Waals surface area contributed by atoms with E-state index in [1.54, 1.807) is 13.1 Å². The zero-order valence-corrected chi connectivity index (χ0v) is 15.4. The highest BCUT2D eigenvalue weighted by Crippen LogP contribution is 2.36. The Morgan fingerprint density at radius 1 is 1.32 bits per heavy atom. The lowest BCUT2D eigenvalue weighted by atomic mass is 10.1. The largest absolute Gasteiger partial charge is 0.506 e. The van der Waals surface area contributed by atoms with Crippen molar-refractivity contribution in [1.29, 1.82) is 0 Å². The topological polar surface area (TPSA) is 73.8 Å². The first-order chi connectivity index (χ1) is 12.2. The molecule has 25 heavy (non-hydrogen) atoms. The van der Waals surface area contributed by atoms with Crippen molar-refractivity contribution in [3.63, 3.8) is 0 Å². The van der Waals surface area contributed by atoms with Crippen LogP contribution in [0.2, 0.25) is 0 Å². The second-order valence-corrected chi connectivity index (χ2v) is 6.59. The number of phenols is 1. The number of carbonyl (C=O) groups excluding carboxylic acids is 1. The molecular formula is C19H31N3O3. The number of aldehydes is 1. The van der Waals surface area contributed by atoms with Crippen molar-refractivity contribution >= 4 is 12.0 Å². The fraction of sp³-hybridized carbons (Fsp3) is 0.632. The average Bonchev–Trinajstić information content (AvgIpc) is 3.15. The number of ether oxygens (including phenoxy) is 1. The number of nitrogens with zero attached hydrogens (tertiary/aromatic N) is 1. The predicted molar refractivity (Wildman–Crippen MR) is 101 cm³/mol. The number of phenolic OH excluding ortho intramolecular Hbond substituents is 1. The number of nitrogens with one attached hydrogen (secondary N) is 2. The van der Waals surface area contributed by atoms with Crippen LogP contribution in [0, 0.1) is 0 Å². The normalized spacial score (nSPS) is 14.8. The molecule has 0 bridgehead atoms. The van der Waals surface area contributed by atoms with Crippen LogP contribution in [-0.4, -0.2) is 62.7 Å². The number of hydrogen-bond donors (Lipinski definition) is 3. The minimum atomic E-state index is -0.0231. The molecule has 2 rings (SSSR count). The Bertz CT molecular complexity index is 545. The van der Waals surface area contributed by atoms with Crippen LogP contribution in [-0.2, 0) is 11.2 Å². The van der Waals surface area contributed by atoms with Gasteiger partial charge in [-0.1, -0.05) is 18.9 Å². The van der Waals surface area contributed by atoms with Crippen LogP contribution in [0.15, 0.2) is 12.1 Å².